The quantitative estimate of drug-likeness (QED) is 0.875. The molecule has 5 nitrogen and oxygen atoms in total. The van der Waals surface area contributed by atoms with Gasteiger partial charge in [-0.3, -0.25) is 4.79 Å². The highest BCUT2D eigenvalue weighted by Gasteiger charge is 2.17. The highest BCUT2D eigenvalue weighted by molar-refractivity contribution is 9.10. The highest BCUT2D eigenvalue weighted by atomic mass is 79.9. The van der Waals surface area contributed by atoms with E-state index in [-0.39, 0.29) is 5.56 Å². The maximum Gasteiger partial charge on any atom is 0.274 e. The summed E-state index contributed by atoms with van der Waals surface area (Å²) >= 11 is 3.44. The Kier molecular flexibility index (Phi) is 3.25. The largest absolute Gasteiger partial charge is 0.489 e. The molecular weight excluding hydrogens is 312 g/mol. The third kappa shape index (κ3) is 2.35. The Morgan fingerprint density at radius 1 is 1.26 bits per heavy atom. The highest BCUT2D eigenvalue weighted by Crippen LogP contribution is 2.39. The molecule has 0 saturated carbocycles. The Morgan fingerprint density at radius 3 is 2.95 bits per heavy atom. The summed E-state index contributed by atoms with van der Waals surface area (Å²) in [5, 5.41) is 0. The molecule has 2 heterocycles. The van der Waals surface area contributed by atoms with E-state index in [9.17, 15) is 4.79 Å². The second-order valence-electron chi connectivity index (χ2n) is 4.10. The number of halogens is 1. The van der Waals surface area contributed by atoms with Crippen molar-refractivity contribution in [1.82, 2.24) is 9.97 Å². The van der Waals surface area contributed by atoms with Crippen molar-refractivity contribution in [3.05, 3.63) is 39.4 Å². The Hall–Kier alpha value is -1.82. The summed E-state index contributed by atoms with van der Waals surface area (Å²) in [6, 6.07) is 3.59. The van der Waals surface area contributed by atoms with Crippen LogP contribution >= 0.6 is 15.9 Å². The number of nitrogens with one attached hydrogen (secondary N) is 1. The van der Waals surface area contributed by atoms with Crippen LogP contribution in [0, 0.1) is 0 Å². The van der Waals surface area contributed by atoms with Gasteiger partial charge in [-0.25, -0.2) is 4.98 Å². The summed E-state index contributed by atoms with van der Waals surface area (Å²) in [4.78, 5) is 18.5. The van der Waals surface area contributed by atoms with Gasteiger partial charge in [0.05, 0.1) is 17.7 Å². The maximum absolute atomic E-state index is 11.8. The lowest BCUT2D eigenvalue weighted by atomic mass is 10.1. The van der Waals surface area contributed by atoms with Crippen LogP contribution in [0.15, 0.2) is 33.8 Å². The van der Waals surface area contributed by atoms with Gasteiger partial charge in [0.1, 0.15) is 5.69 Å². The fourth-order valence-electron chi connectivity index (χ4n) is 1.92. The average molecular weight is 323 g/mol. The molecule has 0 aliphatic carbocycles. The number of aromatic nitrogens is 2. The van der Waals surface area contributed by atoms with Crippen LogP contribution in [0.2, 0.25) is 0 Å². The van der Waals surface area contributed by atoms with Crippen molar-refractivity contribution >= 4 is 15.9 Å². The van der Waals surface area contributed by atoms with E-state index in [2.05, 4.69) is 25.9 Å². The van der Waals surface area contributed by atoms with E-state index >= 15 is 0 Å². The number of rotatable bonds is 1. The van der Waals surface area contributed by atoms with E-state index in [0.717, 1.165) is 10.9 Å². The Bertz CT molecular complexity index is 669. The van der Waals surface area contributed by atoms with Crippen LogP contribution in [0.3, 0.4) is 0 Å². The van der Waals surface area contributed by atoms with Crippen molar-refractivity contribution < 1.29 is 9.47 Å². The molecule has 3 rings (SSSR count). The van der Waals surface area contributed by atoms with Crippen molar-refractivity contribution in [1.29, 1.82) is 0 Å². The van der Waals surface area contributed by atoms with Crippen LogP contribution in [0.25, 0.3) is 11.3 Å². The standard InChI is InChI=1S/C13H11BrN2O3/c14-9-6-8(11-13(17)16-3-2-15-11)7-10-12(9)19-5-1-4-18-10/h2-3,6-7H,1,4-5H2,(H,16,17). The van der Waals surface area contributed by atoms with E-state index < -0.39 is 0 Å². The molecule has 98 valence electrons. The van der Waals surface area contributed by atoms with Gasteiger partial charge < -0.3 is 14.5 Å². The first-order valence-electron chi connectivity index (χ1n) is 5.89. The first-order valence-corrected chi connectivity index (χ1v) is 6.68. The zero-order valence-corrected chi connectivity index (χ0v) is 11.6. The predicted octanol–water partition coefficient (Wildman–Crippen LogP) is 2.36. The summed E-state index contributed by atoms with van der Waals surface area (Å²) in [5.41, 5.74) is 0.820. The topological polar surface area (TPSA) is 64.2 Å². The lowest BCUT2D eigenvalue weighted by Gasteiger charge is -2.11. The molecular formula is C13H11BrN2O3. The molecule has 2 aromatic rings. The number of nitrogens with zero attached hydrogens (tertiary/aromatic N) is 1. The molecule has 0 amide bonds. The van der Waals surface area contributed by atoms with Crippen LogP contribution in [-0.4, -0.2) is 23.2 Å². The number of aromatic amines is 1. The minimum atomic E-state index is -0.233. The van der Waals surface area contributed by atoms with Gasteiger partial charge in [0.15, 0.2) is 11.5 Å². The fraction of sp³-hybridized carbons (Fsp3) is 0.231. The van der Waals surface area contributed by atoms with Crippen LogP contribution in [-0.2, 0) is 0 Å². The van der Waals surface area contributed by atoms with Gasteiger partial charge in [-0.15, -0.1) is 0 Å². The van der Waals surface area contributed by atoms with Crippen LogP contribution in [0.1, 0.15) is 6.42 Å². The molecule has 1 aliphatic rings. The van der Waals surface area contributed by atoms with E-state index in [1.165, 1.54) is 6.20 Å². The minimum absolute atomic E-state index is 0.233. The molecule has 0 spiro atoms. The van der Waals surface area contributed by atoms with E-state index in [4.69, 9.17) is 9.47 Å². The molecule has 0 bridgehead atoms. The van der Waals surface area contributed by atoms with E-state index in [1.807, 2.05) is 6.07 Å². The number of benzene rings is 1. The van der Waals surface area contributed by atoms with E-state index in [0.29, 0.717) is 36.0 Å². The van der Waals surface area contributed by atoms with Gasteiger partial charge in [-0.05, 0) is 28.1 Å². The monoisotopic (exact) mass is 322 g/mol. The Balaban J connectivity index is 2.14. The van der Waals surface area contributed by atoms with Crippen molar-refractivity contribution in [2.45, 2.75) is 6.42 Å². The second kappa shape index (κ2) is 5.05. The molecule has 0 atom stereocenters. The smallest absolute Gasteiger partial charge is 0.274 e. The molecule has 6 heteroatoms. The van der Waals surface area contributed by atoms with Gasteiger partial charge in [0, 0.05) is 24.4 Å². The lowest BCUT2D eigenvalue weighted by Crippen LogP contribution is -2.09. The number of fused-ring (bicyclic) bond motifs is 1. The minimum Gasteiger partial charge on any atom is -0.489 e. The first kappa shape index (κ1) is 12.2. The van der Waals surface area contributed by atoms with Gasteiger partial charge >= 0.3 is 0 Å². The predicted molar refractivity (Wildman–Crippen MR) is 73.6 cm³/mol. The van der Waals surface area contributed by atoms with Crippen LogP contribution < -0.4 is 15.0 Å². The number of hydrogen-bond acceptors (Lipinski definition) is 4. The molecule has 0 radical (unpaired) electrons. The van der Waals surface area contributed by atoms with Gasteiger partial charge in [0.2, 0.25) is 0 Å². The number of ether oxygens (including phenoxy) is 2. The summed E-state index contributed by atoms with van der Waals surface area (Å²) in [6.07, 6.45) is 3.89. The zero-order chi connectivity index (χ0) is 13.2. The summed E-state index contributed by atoms with van der Waals surface area (Å²) in [5.74, 6) is 1.31. The molecule has 1 aromatic heterocycles. The van der Waals surface area contributed by atoms with E-state index in [1.54, 1.807) is 12.3 Å². The van der Waals surface area contributed by atoms with Crippen molar-refractivity contribution in [2.75, 3.05) is 13.2 Å². The van der Waals surface area contributed by atoms with Gasteiger partial charge in [-0.2, -0.15) is 0 Å². The van der Waals surface area contributed by atoms with Crippen LogP contribution in [0.4, 0.5) is 0 Å². The summed E-state index contributed by atoms with van der Waals surface area (Å²) < 4.78 is 12.0. The SMILES string of the molecule is O=c1[nH]ccnc1-c1cc(Br)c2c(c1)OCCCO2. The zero-order valence-electron chi connectivity index (χ0n) is 9.98. The summed E-state index contributed by atoms with van der Waals surface area (Å²) in [7, 11) is 0. The molecule has 1 aromatic carbocycles. The normalized spacial score (nSPS) is 13.9. The molecule has 1 N–H and O–H groups in total. The van der Waals surface area contributed by atoms with Gasteiger partial charge in [0.25, 0.3) is 5.56 Å². The van der Waals surface area contributed by atoms with Crippen molar-refractivity contribution in [2.24, 2.45) is 0 Å². The van der Waals surface area contributed by atoms with Crippen molar-refractivity contribution in [3.8, 4) is 22.8 Å². The molecule has 0 unspecified atom stereocenters. The van der Waals surface area contributed by atoms with Gasteiger partial charge in [-0.1, -0.05) is 0 Å². The number of H-pyrrole nitrogens is 1. The number of hydrogen-bond donors (Lipinski definition) is 1. The lowest BCUT2D eigenvalue weighted by molar-refractivity contribution is 0.296. The molecule has 1 aliphatic heterocycles. The first-order chi connectivity index (χ1) is 9.25. The Morgan fingerprint density at radius 2 is 2.11 bits per heavy atom. The van der Waals surface area contributed by atoms with Crippen LogP contribution in [0.5, 0.6) is 11.5 Å². The summed E-state index contributed by atoms with van der Waals surface area (Å²) in [6.45, 7) is 1.22. The third-order valence-corrected chi connectivity index (χ3v) is 3.37. The average Bonchev–Trinajstić information content (AvgIpc) is 2.65. The molecule has 19 heavy (non-hydrogen) atoms. The van der Waals surface area contributed by atoms with Crippen molar-refractivity contribution in [3.63, 3.8) is 0 Å². The fourth-order valence-corrected chi connectivity index (χ4v) is 2.48. The maximum atomic E-state index is 11.8. The second-order valence-corrected chi connectivity index (χ2v) is 4.96. The molecule has 0 fully saturated rings. The third-order valence-electron chi connectivity index (χ3n) is 2.78. The Labute approximate surface area is 117 Å². The molecule has 0 saturated heterocycles.